The van der Waals surface area contributed by atoms with E-state index in [1.165, 1.54) is 51.7 Å². The van der Waals surface area contributed by atoms with Gasteiger partial charge in [0.2, 0.25) is 0 Å². The van der Waals surface area contributed by atoms with Gasteiger partial charge in [-0.1, -0.05) is 13.8 Å². The van der Waals surface area contributed by atoms with E-state index in [4.69, 9.17) is 0 Å². The first-order valence-electron chi connectivity index (χ1n) is 8.09. The number of Topliss-reactive ketones (excluding diaryl/α,β-unsaturated/α-hetero) is 1. The summed E-state index contributed by atoms with van der Waals surface area (Å²) in [5, 5.41) is 0. The van der Waals surface area contributed by atoms with Gasteiger partial charge in [-0.3, -0.25) is 9.69 Å². The summed E-state index contributed by atoms with van der Waals surface area (Å²) in [6.45, 7) is 12.9. The lowest BCUT2D eigenvalue weighted by atomic mass is 9.93. The molecule has 1 heterocycles. The van der Waals surface area contributed by atoms with E-state index in [-0.39, 0.29) is 0 Å². The molecule has 0 aromatic heterocycles. The maximum absolute atomic E-state index is 11.1. The molecular formula is C16H32N2O. The van der Waals surface area contributed by atoms with E-state index in [9.17, 15) is 4.79 Å². The van der Waals surface area contributed by atoms with Gasteiger partial charge < -0.3 is 4.90 Å². The molecule has 0 N–H and O–H groups in total. The smallest absolute Gasteiger partial charge is 0.143 e. The Morgan fingerprint density at radius 1 is 1.11 bits per heavy atom. The highest BCUT2D eigenvalue weighted by Gasteiger charge is 2.20. The number of carbonyl (C=O) groups is 1. The van der Waals surface area contributed by atoms with Gasteiger partial charge in [0.05, 0.1) is 6.54 Å². The first kappa shape index (κ1) is 16.6. The third-order valence-electron chi connectivity index (χ3n) is 4.09. The molecule has 0 bridgehead atoms. The standard InChI is InChI=1S/C16H32N2O/c1-4-9-17(10-5-2)11-6-16-7-12-18(13-8-16)14-15(3)19/h16H,4-14H2,1-3H3. The van der Waals surface area contributed by atoms with Crippen LogP contribution >= 0.6 is 0 Å². The van der Waals surface area contributed by atoms with Crippen molar-refractivity contribution in [2.75, 3.05) is 39.3 Å². The van der Waals surface area contributed by atoms with E-state index >= 15 is 0 Å². The first-order valence-corrected chi connectivity index (χ1v) is 8.09. The van der Waals surface area contributed by atoms with Gasteiger partial charge in [0.15, 0.2) is 0 Å². The van der Waals surface area contributed by atoms with Crippen LogP contribution in [0.25, 0.3) is 0 Å². The van der Waals surface area contributed by atoms with Gasteiger partial charge in [0, 0.05) is 0 Å². The highest BCUT2D eigenvalue weighted by Crippen LogP contribution is 2.20. The number of rotatable bonds is 9. The number of hydrogen-bond acceptors (Lipinski definition) is 3. The highest BCUT2D eigenvalue weighted by molar-refractivity contribution is 5.77. The van der Waals surface area contributed by atoms with Gasteiger partial charge in [-0.25, -0.2) is 0 Å². The second-order valence-electron chi connectivity index (χ2n) is 6.05. The van der Waals surface area contributed by atoms with Crippen LogP contribution in [0.1, 0.15) is 52.9 Å². The molecule has 1 saturated heterocycles. The van der Waals surface area contributed by atoms with Crippen LogP contribution in [0.15, 0.2) is 0 Å². The van der Waals surface area contributed by atoms with Crippen molar-refractivity contribution in [1.29, 1.82) is 0 Å². The molecule has 0 radical (unpaired) electrons. The molecule has 0 aliphatic carbocycles. The fourth-order valence-electron chi connectivity index (χ4n) is 3.08. The average molecular weight is 268 g/mol. The van der Waals surface area contributed by atoms with Crippen molar-refractivity contribution in [3.8, 4) is 0 Å². The molecule has 1 aliphatic heterocycles. The Hall–Kier alpha value is -0.410. The van der Waals surface area contributed by atoms with Crippen molar-refractivity contribution < 1.29 is 4.79 Å². The molecule has 1 fully saturated rings. The van der Waals surface area contributed by atoms with Crippen molar-refractivity contribution in [3.05, 3.63) is 0 Å². The van der Waals surface area contributed by atoms with Gasteiger partial charge in [0.25, 0.3) is 0 Å². The molecule has 1 rings (SSSR count). The van der Waals surface area contributed by atoms with Crippen LogP contribution in [0.2, 0.25) is 0 Å². The number of piperidine rings is 1. The Morgan fingerprint density at radius 2 is 1.68 bits per heavy atom. The molecule has 0 saturated carbocycles. The summed E-state index contributed by atoms with van der Waals surface area (Å²) in [7, 11) is 0. The molecule has 0 unspecified atom stereocenters. The number of nitrogens with zero attached hydrogens (tertiary/aromatic N) is 2. The van der Waals surface area contributed by atoms with Crippen molar-refractivity contribution >= 4 is 5.78 Å². The Balaban J connectivity index is 2.19. The molecule has 3 nitrogen and oxygen atoms in total. The summed E-state index contributed by atoms with van der Waals surface area (Å²) in [6.07, 6.45) is 6.42. The van der Waals surface area contributed by atoms with E-state index in [2.05, 4.69) is 23.6 Å². The van der Waals surface area contributed by atoms with E-state index in [0.717, 1.165) is 19.0 Å². The molecule has 3 heteroatoms. The molecule has 0 amide bonds. The molecular weight excluding hydrogens is 236 g/mol. The van der Waals surface area contributed by atoms with E-state index in [1.807, 2.05) is 0 Å². The monoisotopic (exact) mass is 268 g/mol. The molecule has 0 aromatic carbocycles. The first-order chi connectivity index (χ1) is 9.15. The third kappa shape index (κ3) is 7.07. The maximum atomic E-state index is 11.1. The Bertz CT molecular complexity index is 241. The van der Waals surface area contributed by atoms with Crippen LogP contribution in [0.3, 0.4) is 0 Å². The minimum Gasteiger partial charge on any atom is -0.303 e. The van der Waals surface area contributed by atoms with Crippen LogP contribution < -0.4 is 0 Å². The van der Waals surface area contributed by atoms with Gasteiger partial charge in [-0.2, -0.15) is 0 Å². The van der Waals surface area contributed by atoms with Gasteiger partial charge in [-0.15, -0.1) is 0 Å². The number of hydrogen-bond donors (Lipinski definition) is 0. The van der Waals surface area contributed by atoms with Crippen LogP contribution in [-0.2, 0) is 4.79 Å². The molecule has 0 atom stereocenters. The third-order valence-corrected chi connectivity index (χ3v) is 4.09. The second-order valence-corrected chi connectivity index (χ2v) is 6.05. The summed E-state index contributed by atoms with van der Waals surface area (Å²) < 4.78 is 0. The summed E-state index contributed by atoms with van der Waals surface area (Å²) in [6, 6.07) is 0. The molecule has 19 heavy (non-hydrogen) atoms. The fourth-order valence-corrected chi connectivity index (χ4v) is 3.08. The zero-order chi connectivity index (χ0) is 14.1. The summed E-state index contributed by atoms with van der Waals surface area (Å²) in [5.74, 6) is 1.18. The van der Waals surface area contributed by atoms with Gasteiger partial charge in [-0.05, 0) is 77.7 Å². The van der Waals surface area contributed by atoms with Crippen molar-refractivity contribution in [2.24, 2.45) is 5.92 Å². The van der Waals surface area contributed by atoms with E-state index in [0.29, 0.717) is 12.3 Å². The van der Waals surface area contributed by atoms with Crippen LogP contribution in [0.4, 0.5) is 0 Å². The molecule has 0 aromatic rings. The quantitative estimate of drug-likeness (QED) is 0.642. The van der Waals surface area contributed by atoms with Gasteiger partial charge >= 0.3 is 0 Å². The lowest BCUT2D eigenvalue weighted by Gasteiger charge is -2.32. The fraction of sp³-hybridized carbons (Fsp3) is 0.938. The van der Waals surface area contributed by atoms with Crippen LogP contribution in [0.5, 0.6) is 0 Å². The zero-order valence-electron chi connectivity index (χ0n) is 13.2. The maximum Gasteiger partial charge on any atom is 0.143 e. The largest absolute Gasteiger partial charge is 0.303 e. The van der Waals surface area contributed by atoms with E-state index in [1.54, 1.807) is 6.92 Å². The normalized spacial score (nSPS) is 18.1. The summed E-state index contributed by atoms with van der Waals surface area (Å²) in [4.78, 5) is 16.0. The molecule has 112 valence electrons. The SMILES string of the molecule is CCCN(CCC)CCC1CCN(CC(C)=O)CC1. The van der Waals surface area contributed by atoms with Crippen LogP contribution in [0, 0.1) is 5.92 Å². The minimum atomic E-state index is 0.301. The van der Waals surface area contributed by atoms with Crippen molar-refractivity contribution in [1.82, 2.24) is 9.80 Å². The number of likely N-dealkylation sites (tertiary alicyclic amines) is 1. The highest BCUT2D eigenvalue weighted by atomic mass is 16.1. The van der Waals surface area contributed by atoms with Gasteiger partial charge in [0.1, 0.15) is 5.78 Å². The average Bonchev–Trinajstić information content (AvgIpc) is 2.37. The Kier molecular flexibility index (Phi) is 8.31. The van der Waals surface area contributed by atoms with Crippen LogP contribution in [-0.4, -0.2) is 54.9 Å². The molecule has 1 aliphatic rings. The summed E-state index contributed by atoms with van der Waals surface area (Å²) >= 11 is 0. The Labute approximate surface area is 119 Å². The lowest BCUT2D eigenvalue weighted by Crippen LogP contribution is -2.37. The second kappa shape index (κ2) is 9.49. The lowest BCUT2D eigenvalue weighted by molar-refractivity contribution is -0.118. The Morgan fingerprint density at radius 3 is 2.16 bits per heavy atom. The van der Waals surface area contributed by atoms with E-state index < -0.39 is 0 Å². The van der Waals surface area contributed by atoms with Crippen molar-refractivity contribution in [2.45, 2.75) is 52.9 Å². The molecule has 0 spiro atoms. The topological polar surface area (TPSA) is 23.6 Å². The minimum absolute atomic E-state index is 0.301. The summed E-state index contributed by atoms with van der Waals surface area (Å²) in [5.41, 5.74) is 0. The zero-order valence-corrected chi connectivity index (χ0v) is 13.2. The number of carbonyl (C=O) groups excluding carboxylic acids is 1. The van der Waals surface area contributed by atoms with Crippen molar-refractivity contribution in [3.63, 3.8) is 0 Å². The predicted molar refractivity (Wildman–Crippen MR) is 81.5 cm³/mol. The predicted octanol–water partition coefficient (Wildman–Crippen LogP) is 2.80. The number of ketones is 1.